The lowest BCUT2D eigenvalue weighted by molar-refractivity contribution is -0.144. The molecule has 9 nitrogen and oxygen atoms in total. The average molecular weight is 690 g/mol. The van der Waals surface area contributed by atoms with Crippen molar-refractivity contribution in [2.24, 2.45) is 23.2 Å². The molecule has 0 spiro atoms. The number of hydrogen-bond donors (Lipinski definition) is 0. The van der Waals surface area contributed by atoms with Crippen LogP contribution in [0.4, 0.5) is 0 Å². The molecule has 1 aromatic rings. The Labute approximate surface area is 299 Å². The van der Waals surface area contributed by atoms with Crippen molar-refractivity contribution in [2.75, 3.05) is 0 Å². The molecule has 9 heteroatoms. The molecule has 6 rings (SSSR count). The molecule has 3 heterocycles. The fraction of sp³-hybridized carbons (Fsp3) is 0.610. The van der Waals surface area contributed by atoms with Crippen LogP contribution in [0, 0.1) is 23.2 Å². The van der Waals surface area contributed by atoms with E-state index in [4.69, 9.17) is 0 Å². The molecule has 3 atom stereocenters. The van der Waals surface area contributed by atoms with Gasteiger partial charge in [0.1, 0.15) is 0 Å². The number of amides is 6. The minimum Gasteiger partial charge on any atom is -0.277 e. The van der Waals surface area contributed by atoms with E-state index in [9.17, 15) is 28.8 Å². The summed E-state index contributed by atoms with van der Waals surface area (Å²) in [4.78, 5) is 72.2. The maximum absolute atomic E-state index is 12.0. The third-order valence-corrected chi connectivity index (χ3v) is 9.35. The summed E-state index contributed by atoms with van der Waals surface area (Å²) in [7, 11) is 0. The third-order valence-electron chi connectivity index (χ3n) is 9.35. The molecule has 3 unspecified atom stereocenters. The van der Waals surface area contributed by atoms with Crippen molar-refractivity contribution in [1.82, 2.24) is 14.7 Å². The number of nitrogens with zero attached hydrogens (tertiary/aromatic N) is 3. The number of allylic oxidation sites excluding steroid dienone is 2. The standard InChI is InChI=1S/C13H22.C12H13NO2.C8H13NO2.C8H11NO2/c1-13(2,3)7-6-12-9-10-4-5-11(12)8-10;1-12(2,3)13-10(14)8-6-4-5-7-9(8)11(13)15;2*1-8(2,3)9-6(10)4-5-7(9)11/h4-5,10-12H,6-9H2,1-3H3;4-7H,1-3H3;4-5H2,1-3H3;4-5H,1-3H3. The van der Waals surface area contributed by atoms with E-state index in [-0.39, 0.29) is 41.0 Å². The normalized spacial score (nSPS) is 22.8. The largest absolute Gasteiger partial charge is 0.277 e. The fourth-order valence-corrected chi connectivity index (χ4v) is 7.03. The summed E-state index contributed by atoms with van der Waals surface area (Å²) in [5, 5.41) is 0. The first kappa shape index (κ1) is 40.5. The monoisotopic (exact) mass is 689 g/mol. The predicted octanol–water partition coefficient (Wildman–Crippen LogP) is 7.75. The van der Waals surface area contributed by atoms with E-state index in [1.165, 1.54) is 52.5 Å². The molecule has 50 heavy (non-hydrogen) atoms. The molecule has 1 saturated heterocycles. The Bertz CT molecular complexity index is 1460. The van der Waals surface area contributed by atoms with Crippen LogP contribution in [-0.4, -0.2) is 66.8 Å². The first-order chi connectivity index (χ1) is 22.8. The number of likely N-dealkylation sites (tertiary alicyclic amines) is 1. The smallest absolute Gasteiger partial charge is 0.262 e. The molecule has 1 saturated carbocycles. The van der Waals surface area contributed by atoms with Crippen LogP contribution in [0.25, 0.3) is 0 Å². The second-order valence-corrected chi connectivity index (χ2v) is 18.1. The van der Waals surface area contributed by atoms with Crippen LogP contribution in [-0.2, 0) is 19.2 Å². The van der Waals surface area contributed by atoms with E-state index in [2.05, 4.69) is 32.9 Å². The molecular formula is C41H59N3O6. The van der Waals surface area contributed by atoms with Gasteiger partial charge in [-0.05, 0) is 123 Å². The Balaban J connectivity index is 0.000000182. The number of benzene rings is 1. The number of hydrogen-bond acceptors (Lipinski definition) is 6. The van der Waals surface area contributed by atoms with Gasteiger partial charge in [-0.25, -0.2) is 0 Å². The first-order valence-corrected chi connectivity index (χ1v) is 17.9. The van der Waals surface area contributed by atoms with Crippen LogP contribution in [0.15, 0.2) is 48.6 Å². The SMILES string of the molecule is CC(C)(C)CCC1CC2C=CC1C2.CC(C)(C)N1C(=O)C=CC1=O.CC(C)(C)N1C(=O)CCC1=O.CC(C)(C)N1C(=O)c2ccccc2C1=O. The third kappa shape index (κ3) is 10.1. The Morgan fingerprint density at radius 3 is 1.32 bits per heavy atom. The van der Waals surface area contributed by atoms with Crippen molar-refractivity contribution in [3.63, 3.8) is 0 Å². The van der Waals surface area contributed by atoms with E-state index >= 15 is 0 Å². The second-order valence-electron chi connectivity index (χ2n) is 18.1. The van der Waals surface area contributed by atoms with Crippen molar-refractivity contribution in [3.8, 4) is 0 Å². The van der Waals surface area contributed by atoms with Gasteiger partial charge in [0.25, 0.3) is 23.6 Å². The quantitative estimate of drug-likeness (QED) is 0.232. The van der Waals surface area contributed by atoms with Crippen molar-refractivity contribution in [3.05, 3.63) is 59.7 Å². The number of carbonyl (C=O) groups excluding carboxylic acids is 6. The Kier molecular flexibility index (Phi) is 12.3. The van der Waals surface area contributed by atoms with Gasteiger partial charge in [0, 0.05) is 41.6 Å². The van der Waals surface area contributed by atoms with Crippen molar-refractivity contribution in [1.29, 1.82) is 0 Å². The minimum absolute atomic E-state index is 0.0394. The van der Waals surface area contributed by atoms with Gasteiger partial charge >= 0.3 is 0 Å². The number of fused-ring (bicyclic) bond motifs is 3. The number of imide groups is 3. The lowest BCUT2D eigenvalue weighted by Gasteiger charge is -2.29. The van der Waals surface area contributed by atoms with E-state index in [0.29, 0.717) is 29.4 Å². The first-order valence-electron chi connectivity index (χ1n) is 17.9. The molecule has 274 valence electrons. The van der Waals surface area contributed by atoms with Crippen LogP contribution in [0.5, 0.6) is 0 Å². The highest BCUT2D eigenvalue weighted by atomic mass is 16.2. The number of carbonyl (C=O) groups is 6. The maximum Gasteiger partial charge on any atom is 0.262 e. The molecule has 5 aliphatic rings. The van der Waals surface area contributed by atoms with E-state index < -0.39 is 11.1 Å². The summed E-state index contributed by atoms with van der Waals surface area (Å²) >= 11 is 0. The maximum atomic E-state index is 12.0. The van der Waals surface area contributed by atoms with E-state index in [0.717, 1.165) is 17.8 Å². The van der Waals surface area contributed by atoms with Gasteiger partial charge in [-0.3, -0.25) is 43.5 Å². The molecule has 6 amide bonds. The molecule has 0 N–H and O–H groups in total. The van der Waals surface area contributed by atoms with Crippen molar-refractivity contribution < 1.29 is 28.8 Å². The molecular weight excluding hydrogens is 630 g/mol. The van der Waals surface area contributed by atoms with Gasteiger partial charge in [0.15, 0.2) is 0 Å². The lowest BCUT2D eigenvalue weighted by Crippen LogP contribution is -2.45. The molecule has 2 fully saturated rings. The zero-order valence-electron chi connectivity index (χ0n) is 32.4. The highest BCUT2D eigenvalue weighted by Gasteiger charge is 2.41. The molecule has 2 aliphatic carbocycles. The van der Waals surface area contributed by atoms with Crippen LogP contribution >= 0.6 is 0 Å². The van der Waals surface area contributed by atoms with Crippen LogP contribution in [0.2, 0.25) is 0 Å². The fourth-order valence-electron chi connectivity index (χ4n) is 7.03. The Hall–Kier alpha value is -3.88. The lowest BCUT2D eigenvalue weighted by atomic mass is 9.82. The van der Waals surface area contributed by atoms with Gasteiger partial charge in [-0.2, -0.15) is 0 Å². The molecule has 0 aromatic heterocycles. The molecule has 1 aromatic carbocycles. The molecule has 3 aliphatic heterocycles. The number of rotatable bonds is 2. The van der Waals surface area contributed by atoms with Gasteiger partial charge < -0.3 is 0 Å². The van der Waals surface area contributed by atoms with Gasteiger partial charge in [0.05, 0.1) is 11.1 Å². The zero-order valence-corrected chi connectivity index (χ0v) is 32.4. The molecule has 2 bridgehead atoms. The summed E-state index contributed by atoms with van der Waals surface area (Å²) in [6, 6.07) is 6.94. The predicted molar refractivity (Wildman–Crippen MR) is 196 cm³/mol. The minimum atomic E-state index is -0.465. The van der Waals surface area contributed by atoms with Crippen LogP contribution in [0.1, 0.15) is 142 Å². The average Bonchev–Trinajstić information content (AvgIpc) is 3.78. The van der Waals surface area contributed by atoms with Gasteiger partial charge in [0.2, 0.25) is 11.8 Å². The van der Waals surface area contributed by atoms with E-state index in [1.54, 1.807) is 24.3 Å². The summed E-state index contributed by atoms with van der Waals surface area (Å²) in [5.41, 5.74) is 0.344. The molecule has 0 radical (unpaired) electrons. The summed E-state index contributed by atoms with van der Waals surface area (Å²) < 4.78 is 0. The summed E-state index contributed by atoms with van der Waals surface area (Å²) in [6.07, 6.45) is 14.1. The second kappa shape index (κ2) is 15.2. The zero-order chi connectivity index (χ0) is 38.0. The highest BCUT2D eigenvalue weighted by Crippen LogP contribution is 2.46. The van der Waals surface area contributed by atoms with Gasteiger partial charge in [-0.1, -0.05) is 45.1 Å². The van der Waals surface area contributed by atoms with E-state index in [1.807, 2.05) is 62.3 Å². The van der Waals surface area contributed by atoms with Crippen LogP contribution < -0.4 is 0 Å². The van der Waals surface area contributed by atoms with Crippen LogP contribution in [0.3, 0.4) is 0 Å². The highest BCUT2D eigenvalue weighted by molar-refractivity contribution is 6.21. The summed E-state index contributed by atoms with van der Waals surface area (Å²) in [5.74, 6) is 2.03. The Morgan fingerprint density at radius 1 is 0.580 bits per heavy atom. The van der Waals surface area contributed by atoms with Crippen molar-refractivity contribution >= 4 is 35.4 Å². The van der Waals surface area contributed by atoms with Gasteiger partial charge in [-0.15, -0.1) is 0 Å². The summed E-state index contributed by atoms with van der Waals surface area (Å²) in [6.45, 7) is 23.7. The topological polar surface area (TPSA) is 112 Å². The van der Waals surface area contributed by atoms with Crippen molar-refractivity contribution in [2.45, 2.75) is 138 Å². The Morgan fingerprint density at radius 2 is 1.02 bits per heavy atom.